The Morgan fingerprint density at radius 3 is 2.07 bits per heavy atom. The lowest BCUT2D eigenvalue weighted by Gasteiger charge is -2.36. The van der Waals surface area contributed by atoms with Crippen LogP contribution in [-0.2, 0) is 0 Å². The molecule has 0 aliphatic carbocycles. The number of hydrogen-bond donors (Lipinski definition) is 1. The Morgan fingerprint density at radius 2 is 1.71 bits per heavy atom. The maximum absolute atomic E-state index is 3.63. The summed E-state index contributed by atoms with van der Waals surface area (Å²) < 4.78 is 0. The summed E-state index contributed by atoms with van der Waals surface area (Å²) in [5, 5.41) is 3.63. The van der Waals surface area contributed by atoms with E-state index in [-0.39, 0.29) is 0 Å². The molecular weight excluding hydrogens is 170 g/mol. The van der Waals surface area contributed by atoms with Crippen LogP contribution in [0.4, 0.5) is 0 Å². The van der Waals surface area contributed by atoms with Crippen LogP contribution in [0.5, 0.6) is 0 Å². The lowest BCUT2D eigenvalue weighted by molar-refractivity contribution is 0.188. The average Bonchev–Trinajstić information content (AvgIpc) is 2.01. The van der Waals surface area contributed by atoms with Gasteiger partial charge in [0.1, 0.15) is 0 Å². The molecule has 0 saturated carbocycles. The van der Waals surface area contributed by atoms with Crippen LogP contribution >= 0.6 is 0 Å². The third kappa shape index (κ3) is 4.99. The molecule has 86 valence electrons. The van der Waals surface area contributed by atoms with Crippen molar-refractivity contribution in [2.24, 2.45) is 11.3 Å². The number of nitrogens with one attached hydrogen (secondary N) is 1. The molecule has 0 aliphatic heterocycles. The molecule has 1 unspecified atom stereocenters. The maximum Gasteiger partial charge on any atom is 0.0118 e. The van der Waals surface area contributed by atoms with E-state index < -0.39 is 0 Å². The number of hydrogen-bond acceptors (Lipinski definition) is 1. The summed E-state index contributed by atoms with van der Waals surface area (Å²) in [6.07, 6.45) is 3.89. The highest BCUT2D eigenvalue weighted by Crippen LogP contribution is 2.31. The van der Waals surface area contributed by atoms with Gasteiger partial charge in [0.2, 0.25) is 0 Å². The van der Waals surface area contributed by atoms with Crippen molar-refractivity contribution in [1.29, 1.82) is 0 Å². The van der Waals surface area contributed by atoms with Crippen molar-refractivity contribution in [3.63, 3.8) is 0 Å². The summed E-state index contributed by atoms with van der Waals surface area (Å²) in [6, 6.07) is 0.680. The first kappa shape index (κ1) is 14.0. The normalized spacial score (nSPS) is 14.8. The van der Waals surface area contributed by atoms with Gasteiger partial charge in [-0.1, -0.05) is 48.0 Å². The van der Waals surface area contributed by atoms with Gasteiger partial charge in [0, 0.05) is 6.04 Å². The largest absolute Gasteiger partial charge is 0.314 e. The van der Waals surface area contributed by atoms with Gasteiger partial charge in [-0.15, -0.1) is 0 Å². The molecule has 0 radical (unpaired) electrons. The fourth-order valence-electron chi connectivity index (χ4n) is 2.50. The van der Waals surface area contributed by atoms with E-state index in [0.29, 0.717) is 11.5 Å². The van der Waals surface area contributed by atoms with Crippen molar-refractivity contribution >= 4 is 0 Å². The van der Waals surface area contributed by atoms with E-state index in [1.807, 2.05) is 0 Å². The molecule has 1 heteroatoms. The van der Waals surface area contributed by atoms with Crippen LogP contribution in [-0.4, -0.2) is 12.6 Å². The molecule has 0 rings (SSSR count). The minimum Gasteiger partial charge on any atom is -0.314 e. The summed E-state index contributed by atoms with van der Waals surface area (Å²) in [6.45, 7) is 15.0. The maximum atomic E-state index is 3.63. The summed E-state index contributed by atoms with van der Waals surface area (Å²) >= 11 is 0. The first-order valence-electron chi connectivity index (χ1n) is 6.17. The van der Waals surface area contributed by atoms with Gasteiger partial charge in [-0.05, 0) is 30.7 Å². The lowest BCUT2D eigenvalue weighted by Crippen LogP contribution is -2.42. The zero-order valence-corrected chi connectivity index (χ0v) is 11.0. The van der Waals surface area contributed by atoms with Gasteiger partial charge in [0.25, 0.3) is 0 Å². The van der Waals surface area contributed by atoms with E-state index in [2.05, 4.69) is 46.9 Å². The lowest BCUT2D eigenvalue weighted by atomic mass is 9.76. The molecule has 0 bridgehead atoms. The molecule has 0 aromatic heterocycles. The van der Waals surface area contributed by atoms with Gasteiger partial charge in [0.05, 0.1) is 0 Å². The Labute approximate surface area is 90.7 Å². The van der Waals surface area contributed by atoms with Crippen molar-refractivity contribution in [1.82, 2.24) is 5.32 Å². The first-order valence-corrected chi connectivity index (χ1v) is 6.17. The van der Waals surface area contributed by atoms with Crippen molar-refractivity contribution in [3.05, 3.63) is 0 Å². The second kappa shape index (κ2) is 6.44. The predicted molar refractivity (Wildman–Crippen MR) is 65.6 cm³/mol. The third-order valence-corrected chi connectivity index (χ3v) is 2.91. The van der Waals surface area contributed by atoms with Crippen molar-refractivity contribution in [3.8, 4) is 0 Å². The summed E-state index contributed by atoms with van der Waals surface area (Å²) in [7, 11) is 0. The summed E-state index contributed by atoms with van der Waals surface area (Å²) in [4.78, 5) is 0. The molecule has 0 aliphatic rings. The monoisotopic (exact) mass is 199 g/mol. The van der Waals surface area contributed by atoms with Gasteiger partial charge in [-0.3, -0.25) is 0 Å². The van der Waals surface area contributed by atoms with Gasteiger partial charge in [-0.2, -0.15) is 0 Å². The highest BCUT2D eigenvalue weighted by Gasteiger charge is 2.28. The Morgan fingerprint density at radius 1 is 1.14 bits per heavy atom. The smallest absolute Gasteiger partial charge is 0.0118 e. The highest BCUT2D eigenvalue weighted by molar-refractivity contribution is 4.84. The fourth-order valence-corrected chi connectivity index (χ4v) is 2.50. The molecule has 0 aromatic carbocycles. The molecular formula is C13H29N. The van der Waals surface area contributed by atoms with E-state index in [1.54, 1.807) is 0 Å². The van der Waals surface area contributed by atoms with Gasteiger partial charge in [0.15, 0.2) is 0 Å². The molecule has 0 heterocycles. The molecule has 0 spiro atoms. The molecule has 0 amide bonds. The average molecular weight is 199 g/mol. The summed E-state index contributed by atoms with van der Waals surface area (Å²) in [5.41, 5.74) is 0.431. The zero-order valence-electron chi connectivity index (χ0n) is 11.0. The Kier molecular flexibility index (Phi) is 6.43. The molecule has 1 N–H and O–H groups in total. The summed E-state index contributed by atoms with van der Waals surface area (Å²) in [5.74, 6) is 0.794. The molecule has 1 nitrogen and oxygen atoms in total. The van der Waals surface area contributed by atoms with Gasteiger partial charge in [-0.25, -0.2) is 0 Å². The standard InChI is InChI=1S/C13H29N/c1-7-9-12(14-8-2)13(5,6)10-11(3)4/h11-12,14H,7-10H2,1-6H3. The van der Waals surface area contributed by atoms with Crippen LogP contribution in [0.2, 0.25) is 0 Å². The quantitative estimate of drug-likeness (QED) is 0.657. The Hall–Kier alpha value is -0.0400. The minimum absolute atomic E-state index is 0.431. The fraction of sp³-hybridized carbons (Fsp3) is 1.00. The molecule has 0 saturated heterocycles. The van der Waals surface area contributed by atoms with E-state index in [4.69, 9.17) is 0 Å². The number of rotatable bonds is 7. The van der Waals surface area contributed by atoms with Crippen LogP contribution in [0.1, 0.15) is 60.8 Å². The SMILES string of the molecule is CCCC(NCC)C(C)(C)CC(C)C. The Bertz CT molecular complexity index is 132. The molecule has 1 atom stereocenters. The van der Waals surface area contributed by atoms with Crippen molar-refractivity contribution in [2.75, 3.05) is 6.54 Å². The van der Waals surface area contributed by atoms with Crippen LogP contribution < -0.4 is 5.32 Å². The van der Waals surface area contributed by atoms with Crippen LogP contribution in [0, 0.1) is 11.3 Å². The predicted octanol–water partition coefficient (Wildman–Crippen LogP) is 3.84. The van der Waals surface area contributed by atoms with Gasteiger partial charge < -0.3 is 5.32 Å². The van der Waals surface area contributed by atoms with Crippen LogP contribution in [0.15, 0.2) is 0 Å². The van der Waals surface area contributed by atoms with E-state index >= 15 is 0 Å². The molecule has 0 aromatic rings. The van der Waals surface area contributed by atoms with Gasteiger partial charge >= 0.3 is 0 Å². The van der Waals surface area contributed by atoms with E-state index in [1.165, 1.54) is 19.3 Å². The van der Waals surface area contributed by atoms with Crippen molar-refractivity contribution in [2.45, 2.75) is 66.8 Å². The highest BCUT2D eigenvalue weighted by atomic mass is 14.9. The van der Waals surface area contributed by atoms with Crippen LogP contribution in [0.3, 0.4) is 0 Å². The van der Waals surface area contributed by atoms with E-state index in [0.717, 1.165) is 12.5 Å². The zero-order chi connectivity index (χ0) is 11.2. The second-order valence-electron chi connectivity index (χ2n) is 5.49. The topological polar surface area (TPSA) is 12.0 Å². The first-order chi connectivity index (χ1) is 6.44. The Balaban J connectivity index is 4.28. The van der Waals surface area contributed by atoms with Crippen LogP contribution in [0.25, 0.3) is 0 Å². The third-order valence-electron chi connectivity index (χ3n) is 2.91. The molecule has 14 heavy (non-hydrogen) atoms. The minimum atomic E-state index is 0.431. The van der Waals surface area contributed by atoms with Crippen molar-refractivity contribution < 1.29 is 0 Å². The second-order valence-corrected chi connectivity index (χ2v) is 5.49. The molecule has 0 fully saturated rings. The van der Waals surface area contributed by atoms with E-state index in [9.17, 15) is 0 Å².